The van der Waals surface area contributed by atoms with Gasteiger partial charge < -0.3 is 14.6 Å². The van der Waals surface area contributed by atoms with Crippen LogP contribution in [0.5, 0.6) is 11.5 Å². The molecule has 1 heterocycles. The van der Waals surface area contributed by atoms with E-state index in [1.807, 2.05) is 0 Å². The summed E-state index contributed by atoms with van der Waals surface area (Å²) >= 11 is 7.85. The number of halogens is 1. The number of ether oxygens (including phenoxy) is 2. The fourth-order valence-electron chi connectivity index (χ4n) is 2.71. The molecule has 10 heteroatoms. The van der Waals surface area contributed by atoms with Gasteiger partial charge in [0.25, 0.3) is 5.69 Å². The molecule has 2 aromatic carbocycles. The molecule has 0 saturated carbocycles. The summed E-state index contributed by atoms with van der Waals surface area (Å²) in [5.74, 6) is 0.337. The number of thioether (sulfide) groups is 1. The standard InChI is InChI=1S/C18H17ClN2O6S/c1-26-15-7-11(17-20-14(9-28-17)18(22)23)6-13(19)16(15)27-8-10-2-4-12(5-3-10)21(24)25/h2-7,14,17,20H,8-9H2,1H3,(H,22,23). The van der Waals surface area contributed by atoms with Crippen LogP contribution >= 0.6 is 23.4 Å². The molecular weight excluding hydrogens is 408 g/mol. The predicted molar refractivity (Wildman–Crippen MR) is 105 cm³/mol. The number of methoxy groups -OCH3 is 1. The van der Waals surface area contributed by atoms with Crippen molar-refractivity contribution in [2.24, 2.45) is 0 Å². The summed E-state index contributed by atoms with van der Waals surface area (Å²) in [6, 6.07) is 8.88. The normalized spacial score (nSPS) is 18.6. The Bertz CT molecular complexity index is 892. The molecule has 0 amide bonds. The lowest BCUT2D eigenvalue weighted by Gasteiger charge is -2.17. The van der Waals surface area contributed by atoms with E-state index in [0.717, 1.165) is 11.1 Å². The number of rotatable bonds is 7. The van der Waals surface area contributed by atoms with Crippen LogP contribution in [-0.2, 0) is 11.4 Å². The fraction of sp³-hybridized carbons (Fsp3) is 0.278. The minimum atomic E-state index is -0.892. The smallest absolute Gasteiger partial charge is 0.321 e. The average Bonchev–Trinajstić information content (AvgIpc) is 3.17. The Labute approximate surface area is 169 Å². The highest BCUT2D eigenvalue weighted by atomic mass is 35.5. The molecule has 0 bridgehead atoms. The van der Waals surface area contributed by atoms with Crippen molar-refractivity contribution in [2.45, 2.75) is 18.0 Å². The van der Waals surface area contributed by atoms with Crippen molar-refractivity contribution in [2.75, 3.05) is 12.9 Å². The lowest BCUT2D eigenvalue weighted by Crippen LogP contribution is -2.33. The molecule has 1 fully saturated rings. The Kier molecular flexibility index (Phi) is 6.28. The molecule has 28 heavy (non-hydrogen) atoms. The Morgan fingerprint density at radius 2 is 2.11 bits per heavy atom. The van der Waals surface area contributed by atoms with Gasteiger partial charge in [-0.1, -0.05) is 11.6 Å². The summed E-state index contributed by atoms with van der Waals surface area (Å²) in [6.45, 7) is 0.158. The van der Waals surface area contributed by atoms with Crippen LogP contribution in [0.2, 0.25) is 5.02 Å². The molecular formula is C18H17ClN2O6S. The first-order valence-electron chi connectivity index (χ1n) is 8.23. The monoisotopic (exact) mass is 424 g/mol. The molecule has 2 aromatic rings. The minimum absolute atomic E-state index is 0.00458. The second kappa shape index (κ2) is 8.68. The third-order valence-electron chi connectivity index (χ3n) is 4.17. The van der Waals surface area contributed by atoms with Crippen LogP contribution in [0.3, 0.4) is 0 Å². The lowest BCUT2D eigenvalue weighted by molar-refractivity contribution is -0.384. The Hall–Kier alpha value is -2.49. The van der Waals surface area contributed by atoms with E-state index in [1.165, 1.54) is 31.0 Å². The number of non-ortho nitro benzene ring substituents is 1. The van der Waals surface area contributed by atoms with E-state index >= 15 is 0 Å². The highest BCUT2D eigenvalue weighted by Crippen LogP contribution is 2.42. The molecule has 2 N–H and O–H groups in total. The van der Waals surface area contributed by atoms with E-state index in [4.69, 9.17) is 26.2 Å². The van der Waals surface area contributed by atoms with E-state index in [0.29, 0.717) is 22.3 Å². The van der Waals surface area contributed by atoms with Crippen molar-refractivity contribution < 1.29 is 24.3 Å². The maximum absolute atomic E-state index is 11.1. The average molecular weight is 425 g/mol. The number of hydrogen-bond acceptors (Lipinski definition) is 7. The van der Waals surface area contributed by atoms with Gasteiger partial charge in [-0.05, 0) is 35.4 Å². The van der Waals surface area contributed by atoms with Gasteiger partial charge in [-0.2, -0.15) is 0 Å². The van der Waals surface area contributed by atoms with Crippen molar-refractivity contribution in [3.63, 3.8) is 0 Å². The molecule has 1 saturated heterocycles. The van der Waals surface area contributed by atoms with Gasteiger partial charge in [0.1, 0.15) is 12.6 Å². The molecule has 2 unspecified atom stereocenters. The second-order valence-corrected chi connectivity index (χ2v) is 7.56. The molecule has 3 rings (SSSR count). The quantitative estimate of drug-likeness (QED) is 0.512. The Morgan fingerprint density at radius 3 is 2.68 bits per heavy atom. The minimum Gasteiger partial charge on any atom is -0.493 e. The Balaban J connectivity index is 1.74. The van der Waals surface area contributed by atoms with Crippen molar-refractivity contribution in [1.82, 2.24) is 5.32 Å². The summed E-state index contributed by atoms with van der Waals surface area (Å²) in [7, 11) is 1.49. The fourth-order valence-corrected chi connectivity index (χ4v) is 4.19. The number of benzene rings is 2. The molecule has 0 aliphatic carbocycles. The number of aliphatic carboxylic acids is 1. The first kappa shape index (κ1) is 20.2. The van der Waals surface area contributed by atoms with Gasteiger partial charge in [0.15, 0.2) is 11.5 Å². The van der Waals surface area contributed by atoms with Crippen LogP contribution < -0.4 is 14.8 Å². The van der Waals surface area contributed by atoms with Gasteiger partial charge in [0.2, 0.25) is 0 Å². The van der Waals surface area contributed by atoms with Crippen LogP contribution in [0.1, 0.15) is 16.5 Å². The molecule has 0 aromatic heterocycles. The zero-order valence-electron chi connectivity index (χ0n) is 14.8. The van der Waals surface area contributed by atoms with Gasteiger partial charge in [-0.3, -0.25) is 20.2 Å². The van der Waals surface area contributed by atoms with E-state index in [-0.39, 0.29) is 17.7 Å². The van der Waals surface area contributed by atoms with Crippen LogP contribution in [0.25, 0.3) is 0 Å². The number of carboxylic acids is 1. The van der Waals surface area contributed by atoms with Crippen LogP contribution in [-0.4, -0.2) is 34.9 Å². The first-order valence-corrected chi connectivity index (χ1v) is 9.65. The van der Waals surface area contributed by atoms with Gasteiger partial charge in [0, 0.05) is 17.9 Å². The topological polar surface area (TPSA) is 111 Å². The SMILES string of the molecule is COc1cc(C2NC(C(=O)O)CS2)cc(Cl)c1OCc1ccc([N+](=O)[O-])cc1. The van der Waals surface area contributed by atoms with Crippen LogP contribution in [0.15, 0.2) is 36.4 Å². The Morgan fingerprint density at radius 1 is 1.39 bits per heavy atom. The van der Waals surface area contributed by atoms with Gasteiger partial charge in [-0.15, -0.1) is 11.8 Å². The van der Waals surface area contributed by atoms with E-state index in [9.17, 15) is 14.9 Å². The highest BCUT2D eigenvalue weighted by molar-refractivity contribution is 7.99. The number of carbonyl (C=O) groups is 1. The zero-order valence-corrected chi connectivity index (χ0v) is 16.3. The summed E-state index contributed by atoms with van der Waals surface area (Å²) in [5.41, 5.74) is 1.54. The molecule has 148 valence electrons. The van der Waals surface area contributed by atoms with E-state index in [2.05, 4.69) is 5.32 Å². The summed E-state index contributed by atoms with van der Waals surface area (Å²) in [4.78, 5) is 21.4. The van der Waals surface area contributed by atoms with Crippen molar-refractivity contribution in [3.8, 4) is 11.5 Å². The van der Waals surface area contributed by atoms with E-state index < -0.39 is 16.9 Å². The van der Waals surface area contributed by atoms with Gasteiger partial charge >= 0.3 is 5.97 Å². The van der Waals surface area contributed by atoms with E-state index in [1.54, 1.807) is 24.3 Å². The lowest BCUT2D eigenvalue weighted by atomic mass is 10.1. The molecule has 0 radical (unpaired) electrons. The number of nitrogens with zero attached hydrogens (tertiary/aromatic N) is 1. The maximum atomic E-state index is 11.1. The van der Waals surface area contributed by atoms with Crippen molar-refractivity contribution >= 4 is 35.0 Å². The van der Waals surface area contributed by atoms with Crippen molar-refractivity contribution in [1.29, 1.82) is 0 Å². The third-order valence-corrected chi connectivity index (χ3v) is 5.71. The number of hydrogen-bond donors (Lipinski definition) is 2. The van der Waals surface area contributed by atoms with Crippen LogP contribution in [0.4, 0.5) is 5.69 Å². The number of nitro benzene ring substituents is 1. The first-order chi connectivity index (χ1) is 13.4. The predicted octanol–water partition coefficient (Wildman–Crippen LogP) is 3.62. The van der Waals surface area contributed by atoms with Gasteiger partial charge in [0.05, 0.1) is 22.4 Å². The maximum Gasteiger partial charge on any atom is 0.321 e. The zero-order chi connectivity index (χ0) is 20.3. The molecule has 2 atom stereocenters. The highest BCUT2D eigenvalue weighted by Gasteiger charge is 2.31. The number of carboxylic acid groups (broad SMARTS) is 1. The molecule has 8 nitrogen and oxygen atoms in total. The molecule has 1 aliphatic rings. The summed E-state index contributed by atoms with van der Waals surface area (Å²) < 4.78 is 11.2. The van der Waals surface area contributed by atoms with Crippen LogP contribution in [0, 0.1) is 10.1 Å². The summed E-state index contributed by atoms with van der Waals surface area (Å²) in [6.07, 6.45) is 0. The summed E-state index contributed by atoms with van der Waals surface area (Å²) in [5, 5.41) is 23.0. The largest absolute Gasteiger partial charge is 0.493 e. The number of nitrogens with one attached hydrogen (secondary N) is 1. The third kappa shape index (κ3) is 4.49. The second-order valence-electron chi connectivity index (χ2n) is 6.02. The van der Waals surface area contributed by atoms with Crippen molar-refractivity contribution in [3.05, 3.63) is 62.7 Å². The molecule has 0 spiro atoms. The number of nitro groups is 1. The molecule has 1 aliphatic heterocycles. The van der Waals surface area contributed by atoms with Gasteiger partial charge in [-0.25, -0.2) is 0 Å².